The average Bonchev–Trinajstić information content (AvgIpc) is 2.96. The predicted octanol–water partition coefficient (Wildman–Crippen LogP) is 2.54. The third-order valence-corrected chi connectivity index (χ3v) is 3.59. The van der Waals surface area contributed by atoms with Crippen LogP contribution in [-0.4, -0.2) is 32.8 Å². The smallest absolute Gasteiger partial charge is 0.161 e. The Hall–Kier alpha value is -1.75. The zero-order valence-electron chi connectivity index (χ0n) is 12.5. The molecule has 0 aliphatic rings. The summed E-state index contributed by atoms with van der Waals surface area (Å²) in [5.41, 5.74) is 1.01. The van der Waals surface area contributed by atoms with Crippen molar-refractivity contribution in [2.75, 3.05) is 6.54 Å². The van der Waals surface area contributed by atoms with E-state index in [1.807, 2.05) is 35.0 Å². The molecule has 0 saturated carbocycles. The quantitative estimate of drug-likeness (QED) is 0.842. The maximum absolute atomic E-state index is 4.25. The van der Waals surface area contributed by atoms with Gasteiger partial charge in [0.05, 0.1) is 5.69 Å². The molecule has 0 fully saturated rings. The minimum absolute atomic E-state index is 0.303. The Morgan fingerprint density at radius 2 is 1.95 bits per heavy atom. The summed E-state index contributed by atoms with van der Waals surface area (Å²) >= 11 is 0. The Morgan fingerprint density at radius 1 is 1.20 bits per heavy atom. The summed E-state index contributed by atoms with van der Waals surface area (Å²) < 4.78 is 1.85. The molecule has 0 saturated heterocycles. The monoisotopic (exact) mass is 273 g/mol. The molecular weight excluding hydrogens is 250 g/mol. The zero-order chi connectivity index (χ0) is 14.4. The second-order valence-corrected chi connectivity index (χ2v) is 5.04. The van der Waals surface area contributed by atoms with Gasteiger partial charge in [0, 0.05) is 12.0 Å². The van der Waals surface area contributed by atoms with Gasteiger partial charge in [-0.05, 0) is 48.9 Å². The second-order valence-electron chi connectivity index (χ2n) is 5.04. The van der Waals surface area contributed by atoms with E-state index in [9.17, 15) is 0 Å². The normalized spacial score (nSPS) is 14.2. The Morgan fingerprint density at radius 3 is 2.60 bits per heavy atom. The van der Waals surface area contributed by atoms with Crippen LogP contribution in [0.5, 0.6) is 0 Å². The van der Waals surface area contributed by atoms with Crippen LogP contribution in [0.2, 0.25) is 0 Å². The summed E-state index contributed by atoms with van der Waals surface area (Å²) in [6.45, 7) is 7.58. The molecule has 2 unspecified atom stereocenters. The molecule has 1 N–H and O–H groups in total. The van der Waals surface area contributed by atoms with Crippen molar-refractivity contribution < 1.29 is 0 Å². The van der Waals surface area contributed by atoms with Gasteiger partial charge in [-0.15, -0.1) is 5.10 Å². The number of para-hydroxylation sites is 1. The first-order valence-corrected chi connectivity index (χ1v) is 7.35. The SMILES string of the molecule is CCCNC(C)C(CC)c1nnnn1-c1ccccc1. The third-order valence-electron chi connectivity index (χ3n) is 3.59. The minimum atomic E-state index is 0.303. The van der Waals surface area contributed by atoms with Crippen molar-refractivity contribution in [3.8, 4) is 5.69 Å². The van der Waals surface area contributed by atoms with Gasteiger partial charge in [-0.25, -0.2) is 0 Å². The predicted molar refractivity (Wildman–Crippen MR) is 79.9 cm³/mol. The van der Waals surface area contributed by atoms with Crippen LogP contribution in [-0.2, 0) is 0 Å². The van der Waals surface area contributed by atoms with E-state index in [1.165, 1.54) is 0 Å². The van der Waals surface area contributed by atoms with Crippen LogP contribution in [0.3, 0.4) is 0 Å². The Kier molecular flexibility index (Phi) is 5.24. The van der Waals surface area contributed by atoms with Crippen molar-refractivity contribution in [1.82, 2.24) is 25.5 Å². The molecule has 1 heterocycles. The molecule has 0 radical (unpaired) electrons. The fourth-order valence-electron chi connectivity index (χ4n) is 2.45. The Bertz CT molecular complexity index is 508. The van der Waals surface area contributed by atoms with Gasteiger partial charge >= 0.3 is 0 Å². The summed E-state index contributed by atoms with van der Waals surface area (Å²) in [5.74, 6) is 1.23. The number of hydrogen-bond donors (Lipinski definition) is 1. The first-order valence-electron chi connectivity index (χ1n) is 7.35. The third kappa shape index (κ3) is 3.22. The molecule has 5 heteroatoms. The molecule has 0 spiro atoms. The number of tetrazole rings is 1. The van der Waals surface area contributed by atoms with Gasteiger partial charge in [0.1, 0.15) is 0 Å². The van der Waals surface area contributed by atoms with Gasteiger partial charge in [-0.1, -0.05) is 32.0 Å². The molecule has 1 aromatic carbocycles. The summed E-state index contributed by atoms with van der Waals surface area (Å²) in [6, 6.07) is 10.4. The number of nitrogens with one attached hydrogen (secondary N) is 1. The van der Waals surface area contributed by atoms with E-state index in [0.717, 1.165) is 30.9 Å². The maximum Gasteiger partial charge on any atom is 0.161 e. The fourth-order valence-corrected chi connectivity index (χ4v) is 2.45. The molecule has 108 valence electrons. The lowest BCUT2D eigenvalue weighted by Gasteiger charge is -2.22. The van der Waals surface area contributed by atoms with Gasteiger partial charge in [0.2, 0.25) is 0 Å². The molecule has 2 rings (SSSR count). The van der Waals surface area contributed by atoms with Crippen molar-refractivity contribution in [2.24, 2.45) is 0 Å². The van der Waals surface area contributed by atoms with Gasteiger partial charge in [-0.2, -0.15) is 4.68 Å². The van der Waals surface area contributed by atoms with Crippen LogP contribution < -0.4 is 5.32 Å². The molecule has 0 bridgehead atoms. The van der Waals surface area contributed by atoms with Crippen LogP contribution in [0, 0.1) is 0 Å². The van der Waals surface area contributed by atoms with Crippen molar-refractivity contribution >= 4 is 0 Å². The summed E-state index contributed by atoms with van der Waals surface area (Å²) in [6.07, 6.45) is 2.13. The molecule has 5 nitrogen and oxygen atoms in total. The van der Waals surface area contributed by atoms with E-state index < -0.39 is 0 Å². The lowest BCUT2D eigenvalue weighted by atomic mass is 9.97. The van der Waals surface area contributed by atoms with E-state index >= 15 is 0 Å². The Balaban J connectivity index is 2.25. The number of aromatic nitrogens is 4. The largest absolute Gasteiger partial charge is 0.314 e. The van der Waals surface area contributed by atoms with Crippen LogP contribution in [0.25, 0.3) is 5.69 Å². The summed E-state index contributed by atoms with van der Waals surface area (Å²) in [5, 5.41) is 15.8. The van der Waals surface area contributed by atoms with E-state index in [4.69, 9.17) is 0 Å². The van der Waals surface area contributed by atoms with Crippen LogP contribution >= 0.6 is 0 Å². The van der Waals surface area contributed by atoms with E-state index in [1.54, 1.807) is 0 Å². The highest BCUT2D eigenvalue weighted by Crippen LogP contribution is 2.23. The van der Waals surface area contributed by atoms with Gasteiger partial charge < -0.3 is 5.32 Å². The van der Waals surface area contributed by atoms with Crippen LogP contribution in [0.1, 0.15) is 45.4 Å². The molecule has 2 aromatic rings. The lowest BCUT2D eigenvalue weighted by molar-refractivity contribution is 0.429. The average molecular weight is 273 g/mol. The first-order chi connectivity index (χ1) is 9.77. The van der Waals surface area contributed by atoms with E-state index in [2.05, 4.69) is 41.6 Å². The first kappa shape index (κ1) is 14.7. The number of hydrogen-bond acceptors (Lipinski definition) is 4. The summed E-state index contributed by atoms with van der Waals surface area (Å²) in [7, 11) is 0. The molecule has 20 heavy (non-hydrogen) atoms. The van der Waals surface area contributed by atoms with Gasteiger partial charge in [0.15, 0.2) is 5.82 Å². The highest BCUT2D eigenvalue weighted by Gasteiger charge is 2.23. The molecular formula is C15H23N5. The number of benzene rings is 1. The maximum atomic E-state index is 4.25. The summed E-state index contributed by atoms with van der Waals surface area (Å²) in [4.78, 5) is 0. The fraction of sp³-hybridized carbons (Fsp3) is 0.533. The highest BCUT2D eigenvalue weighted by molar-refractivity contribution is 5.31. The molecule has 0 amide bonds. The van der Waals surface area contributed by atoms with Crippen molar-refractivity contribution in [3.63, 3.8) is 0 Å². The van der Waals surface area contributed by atoms with Crippen molar-refractivity contribution in [1.29, 1.82) is 0 Å². The molecule has 2 atom stereocenters. The lowest BCUT2D eigenvalue weighted by Crippen LogP contribution is -2.34. The number of rotatable bonds is 7. The Labute approximate surface area is 120 Å². The molecule has 0 aliphatic carbocycles. The second kappa shape index (κ2) is 7.14. The van der Waals surface area contributed by atoms with E-state index in [0.29, 0.717) is 12.0 Å². The molecule has 1 aromatic heterocycles. The topological polar surface area (TPSA) is 55.6 Å². The highest BCUT2D eigenvalue weighted by atomic mass is 15.5. The zero-order valence-corrected chi connectivity index (χ0v) is 12.5. The standard InChI is InChI=1S/C15H23N5/c1-4-11-16-12(3)14(5-2)15-17-18-19-20(15)13-9-7-6-8-10-13/h6-10,12,14,16H,4-5,11H2,1-3H3. The van der Waals surface area contributed by atoms with Crippen molar-refractivity contribution in [2.45, 2.75) is 45.6 Å². The minimum Gasteiger partial charge on any atom is -0.314 e. The van der Waals surface area contributed by atoms with Crippen LogP contribution in [0.15, 0.2) is 30.3 Å². The van der Waals surface area contributed by atoms with Gasteiger partial charge in [-0.3, -0.25) is 0 Å². The van der Waals surface area contributed by atoms with E-state index in [-0.39, 0.29) is 0 Å². The van der Waals surface area contributed by atoms with Gasteiger partial charge in [0.25, 0.3) is 0 Å². The van der Waals surface area contributed by atoms with Crippen LogP contribution in [0.4, 0.5) is 0 Å². The number of nitrogens with zero attached hydrogens (tertiary/aromatic N) is 4. The molecule has 0 aliphatic heterocycles. The van der Waals surface area contributed by atoms with Crippen molar-refractivity contribution in [3.05, 3.63) is 36.2 Å².